The zero-order valence-corrected chi connectivity index (χ0v) is 20.8. The number of ether oxygens (including phenoxy) is 2. The standard InChI is InChI=1S/C26H32N4O4S/c1-18-27-23-14-20(6-7-25(23)35-18)34-17-19(31)15-29-9-11-30(12-10-29)16-26(32)28-22-8-13-33-24-5-3-2-4-21(22)24/h2-7,14,19,22,31H,8-13,15-17H2,1H3,(H,28,32). The second-order valence-electron chi connectivity index (χ2n) is 9.20. The number of rotatable bonds is 8. The fourth-order valence-corrected chi connectivity index (χ4v) is 5.53. The van der Waals surface area contributed by atoms with Gasteiger partial charge in [0.1, 0.15) is 24.2 Å². The first-order chi connectivity index (χ1) is 17.0. The number of fused-ring (bicyclic) bond motifs is 2. The summed E-state index contributed by atoms with van der Waals surface area (Å²) in [7, 11) is 0. The lowest BCUT2D eigenvalue weighted by atomic mass is 10.0. The Bertz CT molecular complexity index is 1160. The van der Waals surface area contributed by atoms with Crippen molar-refractivity contribution >= 4 is 27.5 Å². The van der Waals surface area contributed by atoms with Crippen molar-refractivity contribution in [2.75, 3.05) is 52.5 Å². The normalized spacial score (nSPS) is 19.7. The first kappa shape index (κ1) is 24.0. The molecule has 2 aromatic carbocycles. The van der Waals surface area contributed by atoms with Gasteiger partial charge in [-0.2, -0.15) is 0 Å². The number of β-amino-alcohol motifs (C(OH)–C–C–N with tert-alkyl or cyclic N) is 1. The smallest absolute Gasteiger partial charge is 0.234 e. The summed E-state index contributed by atoms with van der Waals surface area (Å²) in [5.41, 5.74) is 1.98. The molecule has 0 radical (unpaired) electrons. The number of aliphatic hydroxyl groups is 1. The highest BCUT2D eigenvalue weighted by Crippen LogP contribution is 2.31. The molecule has 3 aromatic rings. The Labute approximate surface area is 209 Å². The van der Waals surface area contributed by atoms with Gasteiger partial charge in [-0.15, -0.1) is 11.3 Å². The maximum absolute atomic E-state index is 12.7. The highest BCUT2D eigenvalue weighted by Gasteiger charge is 2.25. The van der Waals surface area contributed by atoms with Gasteiger partial charge in [0.2, 0.25) is 5.91 Å². The van der Waals surface area contributed by atoms with Gasteiger partial charge in [0.15, 0.2) is 0 Å². The summed E-state index contributed by atoms with van der Waals surface area (Å²) in [6.07, 6.45) is 0.208. The van der Waals surface area contributed by atoms with E-state index < -0.39 is 6.10 Å². The lowest BCUT2D eigenvalue weighted by Crippen LogP contribution is -2.51. The van der Waals surface area contributed by atoms with E-state index in [4.69, 9.17) is 9.47 Å². The number of piperazine rings is 1. The van der Waals surface area contributed by atoms with Crippen LogP contribution in [0.5, 0.6) is 11.5 Å². The van der Waals surface area contributed by atoms with Crippen LogP contribution in [0.25, 0.3) is 10.2 Å². The molecule has 0 aliphatic carbocycles. The zero-order chi connectivity index (χ0) is 24.2. The van der Waals surface area contributed by atoms with Gasteiger partial charge in [0.05, 0.1) is 34.4 Å². The number of thiazole rings is 1. The van der Waals surface area contributed by atoms with Crippen molar-refractivity contribution in [3.05, 3.63) is 53.0 Å². The molecular formula is C26H32N4O4S. The number of amides is 1. The molecule has 8 nitrogen and oxygen atoms in total. The maximum Gasteiger partial charge on any atom is 0.234 e. The molecule has 1 saturated heterocycles. The largest absolute Gasteiger partial charge is 0.493 e. The topological polar surface area (TPSA) is 87.2 Å². The van der Waals surface area contributed by atoms with Crippen LogP contribution in [0.2, 0.25) is 0 Å². The Morgan fingerprint density at radius 2 is 2.03 bits per heavy atom. The van der Waals surface area contributed by atoms with E-state index in [-0.39, 0.29) is 18.6 Å². The van der Waals surface area contributed by atoms with Crippen molar-refractivity contribution < 1.29 is 19.4 Å². The lowest BCUT2D eigenvalue weighted by molar-refractivity contribution is -0.123. The first-order valence-corrected chi connectivity index (χ1v) is 13.0. The molecule has 9 heteroatoms. The Hall–Kier alpha value is -2.72. The molecule has 0 bridgehead atoms. The van der Waals surface area contributed by atoms with Crippen LogP contribution in [0.4, 0.5) is 0 Å². The Morgan fingerprint density at radius 3 is 2.89 bits per heavy atom. The maximum atomic E-state index is 12.7. The molecule has 0 spiro atoms. The second kappa shape index (κ2) is 10.9. The third kappa shape index (κ3) is 6.10. The Kier molecular flexibility index (Phi) is 7.48. The predicted molar refractivity (Wildman–Crippen MR) is 136 cm³/mol. The van der Waals surface area contributed by atoms with Crippen LogP contribution in [0.15, 0.2) is 42.5 Å². The first-order valence-electron chi connectivity index (χ1n) is 12.2. The zero-order valence-electron chi connectivity index (χ0n) is 20.0. The molecule has 2 aliphatic rings. The molecule has 3 heterocycles. The molecule has 2 unspecified atom stereocenters. The third-order valence-corrected chi connectivity index (χ3v) is 7.45. The molecule has 5 rings (SSSR count). The van der Waals surface area contributed by atoms with Crippen molar-refractivity contribution in [1.29, 1.82) is 0 Å². The number of carbonyl (C=O) groups is 1. The molecule has 186 valence electrons. The van der Waals surface area contributed by atoms with E-state index in [1.807, 2.05) is 49.4 Å². The molecule has 2 N–H and O–H groups in total. The molecular weight excluding hydrogens is 464 g/mol. The van der Waals surface area contributed by atoms with Crippen LogP contribution >= 0.6 is 11.3 Å². The Morgan fingerprint density at radius 1 is 1.23 bits per heavy atom. The number of carbonyl (C=O) groups excluding carboxylic acids is 1. The van der Waals surface area contributed by atoms with E-state index in [0.717, 1.165) is 64.9 Å². The molecule has 1 amide bonds. The van der Waals surface area contributed by atoms with Crippen molar-refractivity contribution in [3.8, 4) is 11.5 Å². The van der Waals surface area contributed by atoms with E-state index in [9.17, 15) is 9.90 Å². The summed E-state index contributed by atoms with van der Waals surface area (Å²) in [5.74, 6) is 1.63. The van der Waals surface area contributed by atoms with Gasteiger partial charge in [-0.3, -0.25) is 14.6 Å². The molecule has 35 heavy (non-hydrogen) atoms. The second-order valence-corrected chi connectivity index (χ2v) is 10.4. The van der Waals surface area contributed by atoms with Gasteiger partial charge in [-0.05, 0) is 25.1 Å². The van der Waals surface area contributed by atoms with Crippen LogP contribution in [0, 0.1) is 6.92 Å². The van der Waals surface area contributed by atoms with Gasteiger partial charge in [-0.25, -0.2) is 4.98 Å². The highest BCUT2D eigenvalue weighted by molar-refractivity contribution is 7.18. The summed E-state index contributed by atoms with van der Waals surface area (Å²) in [6, 6.07) is 13.8. The fraction of sp³-hybridized carbons (Fsp3) is 0.462. The Balaban J connectivity index is 1.03. The van der Waals surface area contributed by atoms with E-state index in [1.165, 1.54) is 0 Å². The highest BCUT2D eigenvalue weighted by atomic mass is 32.1. The quantitative estimate of drug-likeness (QED) is 0.496. The van der Waals surface area contributed by atoms with Crippen molar-refractivity contribution in [2.45, 2.75) is 25.5 Å². The van der Waals surface area contributed by atoms with Crippen molar-refractivity contribution in [2.24, 2.45) is 0 Å². The lowest BCUT2D eigenvalue weighted by Gasteiger charge is -2.35. The SMILES string of the molecule is Cc1nc2cc(OCC(O)CN3CCN(CC(=O)NC4CCOc5ccccc54)CC3)ccc2s1. The van der Waals surface area contributed by atoms with Gasteiger partial charge in [-0.1, -0.05) is 18.2 Å². The van der Waals surface area contributed by atoms with Crippen LogP contribution in [0.1, 0.15) is 23.0 Å². The third-order valence-electron chi connectivity index (χ3n) is 6.50. The predicted octanol–water partition coefficient (Wildman–Crippen LogP) is 2.60. The van der Waals surface area contributed by atoms with Crippen LogP contribution in [0.3, 0.4) is 0 Å². The minimum atomic E-state index is -0.577. The van der Waals surface area contributed by atoms with E-state index in [0.29, 0.717) is 19.7 Å². The molecule has 0 saturated carbocycles. The van der Waals surface area contributed by atoms with Gasteiger partial charge in [0, 0.05) is 50.8 Å². The number of aromatic nitrogens is 1. The van der Waals surface area contributed by atoms with Crippen molar-refractivity contribution in [1.82, 2.24) is 20.1 Å². The number of nitrogens with one attached hydrogen (secondary N) is 1. The van der Waals surface area contributed by atoms with Gasteiger partial charge >= 0.3 is 0 Å². The molecule has 1 aromatic heterocycles. The van der Waals surface area contributed by atoms with Crippen molar-refractivity contribution in [3.63, 3.8) is 0 Å². The molecule has 2 aliphatic heterocycles. The molecule has 1 fully saturated rings. The van der Waals surface area contributed by atoms with Gasteiger partial charge < -0.3 is 19.9 Å². The summed E-state index contributed by atoms with van der Waals surface area (Å²) >= 11 is 1.66. The van der Waals surface area contributed by atoms with Crippen LogP contribution in [-0.4, -0.2) is 84.4 Å². The van der Waals surface area contributed by atoms with E-state index >= 15 is 0 Å². The monoisotopic (exact) mass is 496 g/mol. The summed E-state index contributed by atoms with van der Waals surface area (Å²) in [4.78, 5) is 21.6. The van der Waals surface area contributed by atoms with Gasteiger partial charge in [0.25, 0.3) is 0 Å². The minimum Gasteiger partial charge on any atom is -0.493 e. The minimum absolute atomic E-state index is 0.00383. The van der Waals surface area contributed by atoms with Crippen LogP contribution < -0.4 is 14.8 Å². The number of aryl methyl sites for hydroxylation is 1. The summed E-state index contributed by atoms with van der Waals surface area (Å²) in [6.45, 7) is 7.01. The average molecular weight is 497 g/mol. The number of hydrogen-bond acceptors (Lipinski definition) is 8. The fourth-order valence-electron chi connectivity index (χ4n) is 4.72. The summed E-state index contributed by atoms with van der Waals surface area (Å²) < 4.78 is 12.6. The summed E-state index contributed by atoms with van der Waals surface area (Å²) in [5, 5.41) is 14.7. The van der Waals surface area contributed by atoms with E-state index in [2.05, 4.69) is 20.1 Å². The number of nitrogens with zero attached hydrogens (tertiary/aromatic N) is 3. The number of benzene rings is 2. The van der Waals surface area contributed by atoms with E-state index in [1.54, 1.807) is 11.3 Å². The number of aliphatic hydroxyl groups excluding tert-OH is 1. The number of para-hydroxylation sites is 1. The average Bonchev–Trinajstić information content (AvgIpc) is 3.23. The van der Waals surface area contributed by atoms with Crippen LogP contribution in [-0.2, 0) is 4.79 Å². The number of hydrogen-bond donors (Lipinski definition) is 2. The molecule has 2 atom stereocenters.